The summed E-state index contributed by atoms with van der Waals surface area (Å²) in [6.07, 6.45) is 0.813. The summed E-state index contributed by atoms with van der Waals surface area (Å²) >= 11 is 0. The van der Waals surface area contributed by atoms with Gasteiger partial charge < -0.3 is 9.80 Å². The fourth-order valence-corrected chi connectivity index (χ4v) is 4.52. The summed E-state index contributed by atoms with van der Waals surface area (Å²) in [6.45, 7) is 2.68. The number of hydrogen-bond donors (Lipinski definition) is 0. The van der Waals surface area contributed by atoms with Crippen molar-refractivity contribution in [3.8, 4) is 0 Å². The van der Waals surface area contributed by atoms with Crippen LogP contribution in [-0.4, -0.2) is 47.0 Å². The second-order valence-electron chi connectivity index (χ2n) is 7.39. The van der Waals surface area contributed by atoms with Crippen LogP contribution in [0, 0.1) is 17.8 Å². The van der Waals surface area contributed by atoms with Crippen LogP contribution >= 0.6 is 0 Å². The summed E-state index contributed by atoms with van der Waals surface area (Å²) in [6, 6.07) is 0.965. The van der Waals surface area contributed by atoms with E-state index in [4.69, 9.17) is 0 Å². The Kier molecular flexibility index (Phi) is 4.08. The summed E-state index contributed by atoms with van der Waals surface area (Å²) in [5.41, 5.74) is -0.945. The summed E-state index contributed by atoms with van der Waals surface area (Å²) in [4.78, 5) is 23.8. The van der Waals surface area contributed by atoms with Gasteiger partial charge in [0.1, 0.15) is 17.8 Å². The maximum absolute atomic E-state index is 12.8. The molecule has 0 bridgehead atoms. The van der Waals surface area contributed by atoms with Gasteiger partial charge in [-0.2, -0.15) is 13.2 Å². The molecule has 1 amide bonds. The highest BCUT2D eigenvalue weighted by atomic mass is 19.4. The number of carbonyl (C=O) groups excluding carboxylic acids is 1. The van der Waals surface area contributed by atoms with E-state index in [1.54, 1.807) is 4.90 Å². The largest absolute Gasteiger partial charge is 0.433 e. The van der Waals surface area contributed by atoms with Gasteiger partial charge in [-0.3, -0.25) is 4.79 Å². The molecular formula is C17H21F3N4O. The van der Waals surface area contributed by atoms with Crippen molar-refractivity contribution < 1.29 is 18.0 Å². The zero-order valence-electron chi connectivity index (χ0n) is 13.9. The van der Waals surface area contributed by atoms with Crippen LogP contribution in [0.1, 0.15) is 31.4 Å². The molecule has 4 rings (SSSR count). The molecule has 0 N–H and O–H groups in total. The third kappa shape index (κ3) is 3.18. The maximum atomic E-state index is 12.8. The van der Waals surface area contributed by atoms with Crippen LogP contribution in [0.2, 0.25) is 0 Å². The van der Waals surface area contributed by atoms with Crippen molar-refractivity contribution in [3.63, 3.8) is 0 Å². The van der Waals surface area contributed by atoms with Crippen molar-refractivity contribution in [3.05, 3.63) is 18.1 Å². The number of alkyl halides is 3. The Bertz CT molecular complexity index is 654. The topological polar surface area (TPSA) is 49.3 Å². The molecule has 0 aromatic carbocycles. The summed E-state index contributed by atoms with van der Waals surface area (Å²) in [5.74, 6) is 1.55. The van der Waals surface area contributed by atoms with Crippen LogP contribution in [0.4, 0.5) is 19.0 Å². The molecule has 3 unspecified atom stereocenters. The maximum Gasteiger partial charge on any atom is 0.433 e. The first kappa shape index (κ1) is 16.6. The Morgan fingerprint density at radius 3 is 2.48 bits per heavy atom. The molecule has 1 aromatic heterocycles. The molecule has 3 heterocycles. The van der Waals surface area contributed by atoms with Crippen LogP contribution in [0.3, 0.4) is 0 Å². The van der Waals surface area contributed by atoms with Crippen LogP contribution in [0.25, 0.3) is 0 Å². The molecule has 0 spiro atoms. The van der Waals surface area contributed by atoms with Gasteiger partial charge in [0.15, 0.2) is 0 Å². The average Bonchev–Trinajstić information content (AvgIpc) is 3.29. The fourth-order valence-electron chi connectivity index (χ4n) is 4.52. The number of aromatic nitrogens is 2. The molecule has 3 aliphatic rings. The number of likely N-dealkylation sites (tertiary alicyclic amines) is 1. The number of halogens is 3. The number of hydrogen-bond acceptors (Lipinski definition) is 4. The second kappa shape index (κ2) is 6.14. The highest BCUT2D eigenvalue weighted by molar-refractivity contribution is 5.80. The predicted molar refractivity (Wildman–Crippen MR) is 84.8 cm³/mol. The van der Waals surface area contributed by atoms with Gasteiger partial charge in [-0.1, -0.05) is 6.42 Å². The van der Waals surface area contributed by atoms with Crippen LogP contribution in [-0.2, 0) is 11.0 Å². The number of rotatable bonds is 2. The van der Waals surface area contributed by atoms with E-state index in [1.165, 1.54) is 19.3 Å². The molecule has 8 heteroatoms. The van der Waals surface area contributed by atoms with Gasteiger partial charge in [-0.25, -0.2) is 9.97 Å². The lowest BCUT2D eigenvalue weighted by Gasteiger charge is -2.22. The minimum atomic E-state index is -4.49. The van der Waals surface area contributed by atoms with E-state index >= 15 is 0 Å². The zero-order chi connectivity index (χ0) is 17.6. The fraction of sp³-hybridized carbons (Fsp3) is 0.706. The molecule has 1 aliphatic carbocycles. The van der Waals surface area contributed by atoms with Crippen LogP contribution in [0.15, 0.2) is 12.4 Å². The predicted octanol–water partition coefficient (Wildman–Crippen LogP) is 2.58. The smallest absolute Gasteiger partial charge is 0.356 e. The number of nitrogens with zero attached hydrogens (tertiary/aromatic N) is 4. The van der Waals surface area contributed by atoms with E-state index in [2.05, 4.69) is 9.97 Å². The Morgan fingerprint density at radius 2 is 1.80 bits per heavy atom. The first-order valence-corrected chi connectivity index (χ1v) is 8.85. The van der Waals surface area contributed by atoms with Crippen LogP contribution < -0.4 is 4.90 Å². The first-order chi connectivity index (χ1) is 11.9. The molecule has 136 valence electrons. The van der Waals surface area contributed by atoms with Gasteiger partial charge in [0.25, 0.3) is 0 Å². The van der Waals surface area contributed by atoms with E-state index in [0.29, 0.717) is 31.3 Å². The van der Waals surface area contributed by atoms with Crippen molar-refractivity contribution in [1.82, 2.24) is 14.9 Å². The SMILES string of the molecule is O=C(C1CCN(c2cc(C(F)(F)F)ncn2)C1)N1CC2CCCC2C1. The standard InChI is InChI=1S/C17H21F3N4O/c18-17(19,20)14-6-15(22-10-21-14)23-5-4-13(9-23)16(25)24-7-11-2-1-3-12(11)8-24/h6,10-13H,1-5,7-9H2. The Balaban J connectivity index is 1.41. The van der Waals surface area contributed by atoms with Gasteiger partial charge in [0.05, 0.1) is 5.92 Å². The summed E-state index contributed by atoms with van der Waals surface area (Å²) < 4.78 is 38.4. The lowest BCUT2D eigenvalue weighted by molar-refractivity contribution is -0.141. The minimum Gasteiger partial charge on any atom is -0.356 e. The third-order valence-corrected chi connectivity index (χ3v) is 5.84. The van der Waals surface area contributed by atoms with Gasteiger partial charge in [-0.15, -0.1) is 0 Å². The molecule has 25 heavy (non-hydrogen) atoms. The monoisotopic (exact) mass is 354 g/mol. The number of carbonyl (C=O) groups is 1. The van der Waals surface area contributed by atoms with Gasteiger partial charge >= 0.3 is 6.18 Å². The van der Waals surface area contributed by atoms with Gasteiger partial charge in [0.2, 0.25) is 5.91 Å². The van der Waals surface area contributed by atoms with Crippen molar-refractivity contribution in [2.75, 3.05) is 31.1 Å². The first-order valence-electron chi connectivity index (χ1n) is 8.85. The Hall–Kier alpha value is -1.86. The molecule has 5 nitrogen and oxygen atoms in total. The van der Waals surface area contributed by atoms with Crippen molar-refractivity contribution >= 4 is 11.7 Å². The van der Waals surface area contributed by atoms with Crippen molar-refractivity contribution in [2.45, 2.75) is 31.9 Å². The Labute approximate surface area is 144 Å². The molecule has 1 saturated carbocycles. The molecular weight excluding hydrogens is 333 g/mol. The molecule has 1 aromatic rings. The number of amides is 1. The van der Waals surface area contributed by atoms with Crippen molar-refractivity contribution in [2.24, 2.45) is 17.8 Å². The van der Waals surface area contributed by atoms with E-state index in [1.807, 2.05) is 4.90 Å². The lowest BCUT2D eigenvalue weighted by Crippen LogP contribution is -2.36. The third-order valence-electron chi connectivity index (χ3n) is 5.84. The molecule has 0 radical (unpaired) electrons. The Morgan fingerprint density at radius 1 is 1.08 bits per heavy atom. The molecule has 2 saturated heterocycles. The van der Waals surface area contributed by atoms with Crippen LogP contribution in [0.5, 0.6) is 0 Å². The quantitative estimate of drug-likeness (QED) is 0.819. The van der Waals surface area contributed by atoms with Crippen molar-refractivity contribution in [1.29, 1.82) is 0 Å². The molecule has 3 atom stereocenters. The normalized spacial score (nSPS) is 29.3. The summed E-state index contributed by atoms with van der Waals surface area (Å²) in [5, 5.41) is 0. The number of fused-ring (bicyclic) bond motifs is 1. The second-order valence-corrected chi connectivity index (χ2v) is 7.39. The number of anilines is 1. The zero-order valence-corrected chi connectivity index (χ0v) is 13.9. The van der Waals surface area contributed by atoms with E-state index < -0.39 is 11.9 Å². The average molecular weight is 354 g/mol. The highest BCUT2D eigenvalue weighted by Crippen LogP contribution is 2.39. The molecule has 3 fully saturated rings. The van der Waals surface area contributed by atoms with E-state index in [0.717, 1.165) is 25.5 Å². The minimum absolute atomic E-state index is 0.150. The molecule has 2 aliphatic heterocycles. The summed E-state index contributed by atoms with van der Waals surface area (Å²) in [7, 11) is 0. The van der Waals surface area contributed by atoms with Gasteiger partial charge in [0, 0.05) is 32.2 Å². The van der Waals surface area contributed by atoms with E-state index in [-0.39, 0.29) is 17.6 Å². The lowest BCUT2D eigenvalue weighted by atomic mass is 10.0. The van der Waals surface area contributed by atoms with Gasteiger partial charge in [-0.05, 0) is 31.1 Å². The van der Waals surface area contributed by atoms with E-state index in [9.17, 15) is 18.0 Å². The highest BCUT2D eigenvalue weighted by Gasteiger charge is 2.41.